The molecule has 0 aliphatic carbocycles. The lowest BCUT2D eigenvalue weighted by atomic mass is 10.1. The third kappa shape index (κ3) is 3.23. The SMILES string of the molecule is CC(C)n1cnc2cc(CNC(=O)C3=NNC(=O)CC3)ccc21. The number of hydrazone groups is 1. The lowest BCUT2D eigenvalue weighted by Gasteiger charge is -2.12. The number of fused-ring (bicyclic) bond motifs is 1. The summed E-state index contributed by atoms with van der Waals surface area (Å²) in [4.78, 5) is 27.5. The van der Waals surface area contributed by atoms with Crippen LogP contribution in [0.2, 0.25) is 0 Å². The van der Waals surface area contributed by atoms with E-state index in [1.807, 2.05) is 24.5 Å². The molecule has 1 aliphatic rings. The molecule has 1 aromatic heterocycles. The van der Waals surface area contributed by atoms with Gasteiger partial charge in [-0.05, 0) is 31.5 Å². The van der Waals surface area contributed by atoms with E-state index in [0.717, 1.165) is 16.6 Å². The van der Waals surface area contributed by atoms with Gasteiger partial charge in [0.25, 0.3) is 5.91 Å². The maximum atomic E-state index is 12.0. The van der Waals surface area contributed by atoms with E-state index in [1.54, 1.807) is 0 Å². The van der Waals surface area contributed by atoms with Crippen LogP contribution in [-0.4, -0.2) is 27.1 Å². The van der Waals surface area contributed by atoms with Crippen LogP contribution < -0.4 is 10.7 Å². The van der Waals surface area contributed by atoms with Crippen LogP contribution in [-0.2, 0) is 16.1 Å². The fourth-order valence-corrected chi connectivity index (χ4v) is 2.52. The molecule has 2 amide bonds. The molecular weight excluding hydrogens is 294 g/mol. The van der Waals surface area contributed by atoms with Crippen molar-refractivity contribution in [1.29, 1.82) is 0 Å². The third-order valence-corrected chi connectivity index (χ3v) is 3.82. The third-order valence-electron chi connectivity index (χ3n) is 3.82. The van der Waals surface area contributed by atoms with Gasteiger partial charge in [-0.2, -0.15) is 5.10 Å². The number of nitrogens with zero attached hydrogens (tertiary/aromatic N) is 3. The van der Waals surface area contributed by atoms with Crippen molar-refractivity contribution in [1.82, 2.24) is 20.3 Å². The van der Waals surface area contributed by atoms with Gasteiger partial charge in [-0.15, -0.1) is 0 Å². The summed E-state index contributed by atoms with van der Waals surface area (Å²) in [5.74, 6) is -0.412. The Balaban J connectivity index is 1.68. The standard InChI is InChI=1S/C16H19N5O2/c1-10(2)21-9-18-13-7-11(3-5-14(13)21)8-17-16(23)12-4-6-15(22)20-19-12/h3,5,7,9-10H,4,6,8H2,1-2H3,(H,17,23)(H,20,22). The number of carbonyl (C=O) groups is 2. The monoisotopic (exact) mass is 313 g/mol. The summed E-state index contributed by atoms with van der Waals surface area (Å²) in [7, 11) is 0. The lowest BCUT2D eigenvalue weighted by molar-refractivity contribution is -0.121. The zero-order valence-electron chi connectivity index (χ0n) is 13.2. The molecule has 0 atom stereocenters. The first-order valence-corrected chi connectivity index (χ1v) is 7.63. The van der Waals surface area contributed by atoms with Crippen LogP contribution in [0.5, 0.6) is 0 Å². The van der Waals surface area contributed by atoms with Gasteiger partial charge in [0.2, 0.25) is 5.91 Å². The Kier molecular flexibility index (Phi) is 4.10. The second kappa shape index (κ2) is 6.20. The van der Waals surface area contributed by atoms with E-state index in [-0.39, 0.29) is 11.8 Å². The topological polar surface area (TPSA) is 88.4 Å². The Labute approximate surface area is 133 Å². The van der Waals surface area contributed by atoms with E-state index in [2.05, 4.69) is 39.2 Å². The van der Waals surface area contributed by atoms with Gasteiger partial charge in [0.15, 0.2) is 0 Å². The van der Waals surface area contributed by atoms with Crippen LogP contribution >= 0.6 is 0 Å². The van der Waals surface area contributed by atoms with Gasteiger partial charge in [0.1, 0.15) is 5.71 Å². The zero-order chi connectivity index (χ0) is 16.4. The molecule has 2 N–H and O–H groups in total. The van der Waals surface area contributed by atoms with Gasteiger partial charge in [0, 0.05) is 25.4 Å². The van der Waals surface area contributed by atoms with Gasteiger partial charge >= 0.3 is 0 Å². The number of hydrogen-bond donors (Lipinski definition) is 2. The minimum Gasteiger partial charge on any atom is -0.347 e. The van der Waals surface area contributed by atoms with Crippen molar-refractivity contribution in [2.75, 3.05) is 0 Å². The molecule has 0 saturated heterocycles. The molecule has 0 saturated carbocycles. The number of hydrogen-bond acceptors (Lipinski definition) is 4. The predicted molar refractivity (Wildman–Crippen MR) is 86.8 cm³/mol. The molecule has 0 unspecified atom stereocenters. The molecule has 2 heterocycles. The Morgan fingerprint density at radius 2 is 2.22 bits per heavy atom. The summed E-state index contributed by atoms with van der Waals surface area (Å²) in [6.45, 7) is 4.62. The highest BCUT2D eigenvalue weighted by Crippen LogP contribution is 2.18. The second-order valence-corrected chi connectivity index (χ2v) is 5.84. The number of imidazole rings is 1. The molecule has 0 fully saturated rings. The molecule has 0 bridgehead atoms. The highest BCUT2D eigenvalue weighted by atomic mass is 16.2. The number of aromatic nitrogens is 2. The Morgan fingerprint density at radius 1 is 1.39 bits per heavy atom. The van der Waals surface area contributed by atoms with Crippen LogP contribution in [0.1, 0.15) is 38.3 Å². The summed E-state index contributed by atoms with van der Waals surface area (Å²) in [5.41, 5.74) is 5.64. The highest BCUT2D eigenvalue weighted by molar-refractivity contribution is 6.39. The van der Waals surface area contributed by atoms with Crippen LogP contribution in [0, 0.1) is 0 Å². The summed E-state index contributed by atoms with van der Waals surface area (Å²) in [5, 5.41) is 6.61. The van der Waals surface area contributed by atoms with Gasteiger partial charge in [-0.25, -0.2) is 10.4 Å². The smallest absolute Gasteiger partial charge is 0.267 e. The van der Waals surface area contributed by atoms with Crippen molar-refractivity contribution < 1.29 is 9.59 Å². The second-order valence-electron chi connectivity index (χ2n) is 5.84. The van der Waals surface area contributed by atoms with Crippen molar-refractivity contribution in [2.24, 2.45) is 5.10 Å². The predicted octanol–water partition coefficient (Wildman–Crippen LogP) is 1.50. The molecule has 3 rings (SSSR count). The largest absolute Gasteiger partial charge is 0.347 e. The number of amides is 2. The molecule has 1 aromatic carbocycles. The normalized spacial score (nSPS) is 14.7. The summed E-state index contributed by atoms with van der Waals surface area (Å²) < 4.78 is 2.11. The molecule has 2 aromatic rings. The Morgan fingerprint density at radius 3 is 2.91 bits per heavy atom. The van der Waals surface area contributed by atoms with Gasteiger partial charge in [-0.3, -0.25) is 9.59 Å². The molecule has 23 heavy (non-hydrogen) atoms. The minimum absolute atomic E-state index is 0.159. The first kappa shape index (κ1) is 15.2. The quantitative estimate of drug-likeness (QED) is 0.896. The van der Waals surface area contributed by atoms with E-state index >= 15 is 0 Å². The molecule has 120 valence electrons. The maximum Gasteiger partial charge on any atom is 0.267 e. The van der Waals surface area contributed by atoms with Crippen LogP contribution in [0.25, 0.3) is 11.0 Å². The van der Waals surface area contributed by atoms with Gasteiger partial charge < -0.3 is 9.88 Å². The van der Waals surface area contributed by atoms with E-state index in [4.69, 9.17) is 0 Å². The van der Waals surface area contributed by atoms with Gasteiger partial charge in [0.05, 0.1) is 17.4 Å². The van der Waals surface area contributed by atoms with Crippen LogP contribution in [0.15, 0.2) is 29.6 Å². The fourth-order valence-electron chi connectivity index (χ4n) is 2.52. The van der Waals surface area contributed by atoms with Crippen molar-refractivity contribution >= 4 is 28.6 Å². The molecule has 0 spiro atoms. The molecule has 0 radical (unpaired) electrons. The Bertz CT molecular complexity index is 791. The summed E-state index contributed by atoms with van der Waals surface area (Å²) in [6, 6.07) is 6.32. The molecule has 1 aliphatic heterocycles. The number of carbonyl (C=O) groups excluding carboxylic acids is 2. The van der Waals surface area contributed by atoms with E-state index < -0.39 is 0 Å². The zero-order valence-corrected chi connectivity index (χ0v) is 13.2. The number of benzene rings is 1. The highest BCUT2D eigenvalue weighted by Gasteiger charge is 2.17. The average molecular weight is 313 g/mol. The summed E-state index contributed by atoms with van der Waals surface area (Å²) in [6.07, 6.45) is 2.50. The first-order chi connectivity index (χ1) is 11.0. The fraction of sp³-hybridized carbons (Fsp3) is 0.375. The average Bonchev–Trinajstić information content (AvgIpc) is 2.96. The number of rotatable bonds is 4. The van der Waals surface area contributed by atoms with Crippen LogP contribution in [0.4, 0.5) is 0 Å². The van der Waals surface area contributed by atoms with E-state index in [1.165, 1.54) is 0 Å². The minimum atomic E-state index is -0.252. The number of nitrogens with one attached hydrogen (secondary N) is 2. The molecule has 7 nitrogen and oxygen atoms in total. The van der Waals surface area contributed by atoms with Crippen molar-refractivity contribution in [3.8, 4) is 0 Å². The van der Waals surface area contributed by atoms with Gasteiger partial charge in [-0.1, -0.05) is 6.07 Å². The van der Waals surface area contributed by atoms with Crippen LogP contribution in [0.3, 0.4) is 0 Å². The van der Waals surface area contributed by atoms with Crippen molar-refractivity contribution in [2.45, 2.75) is 39.3 Å². The molecular formula is C16H19N5O2. The maximum absolute atomic E-state index is 12.0. The Hall–Kier alpha value is -2.70. The molecule has 7 heteroatoms. The van der Waals surface area contributed by atoms with Crippen molar-refractivity contribution in [3.05, 3.63) is 30.1 Å². The summed E-state index contributed by atoms with van der Waals surface area (Å²) >= 11 is 0. The van der Waals surface area contributed by atoms with E-state index in [9.17, 15) is 9.59 Å². The lowest BCUT2D eigenvalue weighted by Crippen LogP contribution is -2.36. The van der Waals surface area contributed by atoms with E-state index in [0.29, 0.717) is 31.1 Å². The first-order valence-electron chi connectivity index (χ1n) is 7.63. The van der Waals surface area contributed by atoms with Crippen molar-refractivity contribution in [3.63, 3.8) is 0 Å².